The molecule has 6 nitrogen and oxygen atoms in total. The molecule has 3 aliphatic heterocycles. The van der Waals surface area contributed by atoms with E-state index in [-0.39, 0.29) is 29.8 Å². The minimum atomic E-state index is -1.02. The number of amides is 3. The molecule has 5 atom stereocenters. The molecule has 3 heterocycles. The van der Waals surface area contributed by atoms with Crippen LogP contribution in [0.5, 0.6) is 0 Å². The molecule has 2 fully saturated rings. The second kappa shape index (κ2) is 4.89. The largest absolute Gasteiger partial charge is 0.326 e. The third-order valence-corrected chi connectivity index (χ3v) is 6.00. The van der Waals surface area contributed by atoms with Gasteiger partial charge in [-0.05, 0) is 26.3 Å². The zero-order valence-electron chi connectivity index (χ0n) is 14.1. The highest BCUT2D eigenvalue weighted by molar-refractivity contribution is 6.14. The third-order valence-electron chi connectivity index (χ3n) is 6.00. The average molecular weight is 328 g/mol. The molecule has 24 heavy (non-hydrogen) atoms. The number of quaternary nitrogens is 1. The Labute approximate surface area is 140 Å². The van der Waals surface area contributed by atoms with Crippen molar-refractivity contribution in [1.82, 2.24) is 4.90 Å². The minimum Gasteiger partial charge on any atom is -0.326 e. The molecule has 0 saturated carbocycles. The van der Waals surface area contributed by atoms with Crippen molar-refractivity contribution in [3.8, 4) is 0 Å². The fraction of sp³-hybridized carbons (Fsp3) is 0.500. The van der Waals surface area contributed by atoms with Crippen LogP contribution in [0.1, 0.15) is 32.8 Å². The van der Waals surface area contributed by atoms with Gasteiger partial charge < -0.3 is 10.6 Å². The summed E-state index contributed by atoms with van der Waals surface area (Å²) in [5, 5.41) is 4.83. The normalized spacial score (nSPS) is 35.4. The van der Waals surface area contributed by atoms with Crippen LogP contribution in [0.15, 0.2) is 24.3 Å². The van der Waals surface area contributed by atoms with E-state index in [1.165, 1.54) is 4.90 Å². The highest BCUT2D eigenvalue weighted by atomic mass is 16.2. The van der Waals surface area contributed by atoms with Gasteiger partial charge in [0.05, 0.1) is 11.7 Å². The topological polar surface area (TPSA) is 83.1 Å². The number of rotatable bonds is 2. The standard InChI is InChI=1S/C18H21N3O3/c1-4-9(2)21-15(22)13-10(3)20-18(14(13)16(21)23)11-7-5-6-8-12(11)19-17(18)24/h5-10,13-14,20H,4H2,1-3H3,(H,19,24)/p+1/t9-,10+,13+,14-,18+/m0/s1. The molecule has 1 aromatic rings. The molecule has 3 N–H and O–H groups in total. The number of para-hydroxylation sites is 1. The van der Waals surface area contributed by atoms with Gasteiger partial charge in [0.1, 0.15) is 11.8 Å². The summed E-state index contributed by atoms with van der Waals surface area (Å²) in [5.74, 6) is -1.58. The highest BCUT2D eigenvalue weighted by Crippen LogP contribution is 2.49. The molecule has 2 saturated heterocycles. The van der Waals surface area contributed by atoms with E-state index in [1.807, 2.05) is 50.4 Å². The summed E-state index contributed by atoms with van der Waals surface area (Å²) >= 11 is 0. The van der Waals surface area contributed by atoms with Crippen molar-refractivity contribution >= 4 is 23.4 Å². The van der Waals surface area contributed by atoms with Gasteiger partial charge in [0.25, 0.3) is 5.91 Å². The number of hydrogen-bond acceptors (Lipinski definition) is 3. The maximum absolute atomic E-state index is 13.2. The van der Waals surface area contributed by atoms with Crippen molar-refractivity contribution < 1.29 is 19.7 Å². The summed E-state index contributed by atoms with van der Waals surface area (Å²) < 4.78 is 0. The van der Waals surface area contributed by atoms with Crippen LogP contribution in [0.25, 0.3) is 0 Å². The fourth-order valence-electron chi connectivity index (χ4n) is 4.74. The van der Waals surface area contributed by atoms with Crippen molar-refractivity contribution in [1.29, 1.82) is 0 Å². The van der Waals surface area contributed by atoms with Crippen LogP contribution in [0.4, 0.5) is 5.69 Å². The molecule has 126 valence electrons. The van der Waals surface area contributed by atoms with Crippen molar-refractivity contribution in [3.05, 3.63) is 29.8 Å². The monoisotopic (exact) mass is 328 g/mol. The van der Waals surface area contributed by atoms with Crippen LogP contribution in [0, 0.1) is 11.8 Å². The molecule has 1 spiro atoms. The number of nitrogens with zero attached hydrogens (tertiary/aromatic N) is 1. The van der Waals surface area contributed by atoms with Crippen LogP contribution in [0.3, 0.4) is 0 Å². The Balaban J connectivity index is 1.88. The van der Waals surface area contributed by atoms with E-state index in [9.17, 15) is 14.4 Å². The predicted molar refractivity (Wildman–Crippen MR) is 86.7 cm³/mol. The van der Waals surface area contributed by atoms with Crippen molar-refractivity contribution in [3.63, 3.8) is 0 Å². The van der Waals surface area contributed by atoms with Gasteiger partial charge in [-0.25, -0.2) is 0 Å². The lowest BCUT2D eigenvalue weighted by atomic mass is 9.76. The number of carbonyl (C=O) groups is 3. The molecule has 0 aromatic heterocycles. The second-order valence-electron chi connectivity index (χ2n) is 7.20. The summed E-state index contributed by atoms with van der Waals surface area (Å²) in [6.45, 7) is 5.79. The van der Waals surface area contributed by atoms with Gasteiger partial charge in [-0.15, -0.1) is 0 Å². The Morgan fingerprint density at radius 1 is 1.25 bits per heavy atom. The molecule has 0 unspecified atom stereocenters. The van der Waals surface area contributed by atoms with E-state index in [4.69, 9.17) is 0 Å². The molecule has 4 rings (SSSR count). The first-order valence-corrected chi connectivity index (χ1v) is 8.57. The van der Waals surface area contributed by atoms with E-state index < -0.39 is 17.4 Å². The highest BCUT2D eigenvalue weighted by Gasteiger charge is 2.73. The van der Waals surface area contributed by atoms with Gasteiger partial charge in [-0.1, -0.05) is 25.1 Å². The second-order valence-corrected chi connectivity index (χ2v) is 7.20. The zero-order valence-corrected chi connectivity index (χ0v) is 14.1. The molecule has 1 aromatic carbocycles. The summed E-state index contributed by atoms with van der Waals surface area (Å²) in [7, 11) is 0. The van der Waals surface area contributed by atoms with E-state index in [0.717, 1.165) is 11.3 Å². The number of anilines is 1. The third kappa shape index (κ3) is 1.61. The van der Waals surface area contributed by atoms with E-state index in [2.05, 4.69) is 5.32 Å². The van der Waals surface area contributed by atoms with Gasteiger partial charge in [0.15, 0.2) is 0 Å². The van der Waals surface area contributed by atoms with Crippen molar-refractivity contribution in [2.45, 2.75) is 44.8 Å². The maximum atomic E-state index is 13.2. The Bertz CT molecular complexity index is 762. The van der Waals surface area contributed by atoms with Crippen LogP contribution in [-0.2, 0) is 19.9 Å². The first-order valence-electron chi connectivity index (χ1n) is 8.57. The minimum absolute atomic E-state index is 0.114. The molecule has 3 amide bonds. The Hall–Kier alpha value is -2.21. The predicted octanol–water partition coefficient (Wildman–Crippen LogP) is 0.199. The van der Waals surface area contributed by atoms with Gasteiger partial charge in [-0.2, -0.15) is 0 Å². The van der Waals surface area contributed by atoms with Crippen molar-refractivity contribution in [2.75, 3.05) is 5.32 Å². The summed E-state index contributed by atoms with van der Waals surface area (Å²) in [6.07, 6.45) is 0.713. The Morgan fingerprint density at radius 2 is 1.96 bits per heavy atom. The number of nitrogens with one attached hydrogen (secondary N) is 1. The van der Waals surface area contributed by atoms with Crippen LogP contribution < -0.4 is 10.6 Å². The number of carbonyl (C=O) groups excluding carboxylic acids is 3. The molecular formula is C18H22N3O3+. The lowest BCUT2D eigenvalue weighted by Gasteiger charge is -2.28. The van der Waals surface area contributed by atoms with E-state index in [0.29, 0.717) is 6.42 Å². The lowest BCUT2D eigenvalue weighted by molar-refractivity contribution is -0.730. The molecule has 0 radical (unpaired) electrons. The molecule has 6 heteroatoms. The molecule has 3 aliphatic rings. The molecular weight excluding hydrogens is 306 g/mol. The van der Waals surface area contributed by atoms with Crippen LogP contribution in [0.2, 0.25) is 0 Å². The fourth-order valence-corrected chi connectivity index (χ4v) is 4.74. The number of nitrogens with two attached hydrogens (primary N) is 1. The SMILES string of the molecule is CC[C@H](C)N1C(=O)[C@H]2[C@@H](C1=O)[C@@]1([NH2+][C@@H]2C)C(=O)Nc2ccccc21. The number of fused-ring (bicyclic) bond motifs is 4. The van der Waals surface area contributed by atoms with Gasteiger partial charge in [0.2, 0.25) is 17.4 Å². The first kappa shape index (κ1) is 15.3. The summed E-state index contributed by atoms with van der Waals surface area (Å²) in [6, 6.07) is 7.22. The quantitative estimate of drug-likeness (QED) is 0.761. The molecule has 0 aliphatic carbocycles. The van der Waals surface area contributed by atoms with Crippen molar-refractivity contribution in [2.24, 2.45) is 11.8 Å². The smallest absolute Gasteiger partial charge is 0.291 e. The van der Waals surface area contributed by atoms with Crippen LogP contribution in [-0.4, -0.2) is 34.7 Å². The summed E-state index contributed by atoms with van der Waals surface area (Å²) in [4.78, 5) is 40.4. The molecule has 0 bridgehead atoms. The van der Waals surface area contributed by atoms with Gasteiger partial charge in [0, 0.05) is 11.6 Å². The maximum Gasteiger partial charge on any atom is 0.291 e. The summed E-state index contributed by atoms with van der Waals surface area (Å²) in [5.41, 5.74) is 0.547. The Kier molecular flexibility index (Phi) is 3.12. The first-order chi connectivity index (χ1) is 11.4. The Morgan fingerprint density at radius 3 is 2.67 bits per heavy atom. The van der Waals surface area contributed by atoms with Gasteiger partial charge in [-0.3, -0.25) is 19.3 Å². The van der Waals surface area contributed by atoms with E-state index in [1.54, 1.807) is 0 Å². The van der Waals surface area contributed by atoms with Gasteiger partial charge >= 0.3 is 0 Å². The zero-order chi connectivity index (χ0) is 17.2. The lowest BCUT2D eigenvalue weighted by Crippen LogP contribution is -2.98. The van der Waals surface area contributed by atoms with Crippen LogP contribution >= 0.6 is 0 Å². The average Bonchev–Trinajstić information content (AvgIpc) is 3.12. The van der Waals surface area contributed by atoms with E-state index >= 15 is 0 Å². The number of hydrogen-bond donors (Lipinski definition) is 2. The number of imide groups is 1. The number of benzene rings is 1. The number of likely N-dealkylation sites (tertiary alicyclic amines) is 1.